The number of amides is 4. The molecule has 4 aliphatic rings. The summed E-state index contributed by atoms with van der Waals surface area (Å²) in [5, 5.41) is 25.0. The van der Waals surface area contributed by atoms with Crippen LogP contribution in [0.1, 0.15) is 13.8 Å². The number of carbonyl (C=O) groups is 3. The van der Waals surface area contributed by atoms with E-state index in [2.05, 4.69) is 10.6 Å². The topological polar surface area (TPSA) is 122 Å². The van der Waals surface area contributed by atoms with Gasteiger partial charge < -0.3 is 20.4 Å². The number of nitrogens with zero attached hydrogens (tertiary/aromatic N) is 2. The van der Waals surface area contributed by atoms with E-state index in [1.54, 1.807) is 18.7 Å². The van der Waals surface area contributed by atoms with Crippen molar-refractivity contribution in [1.29, 1.82) is 0 Å². The molecule has 9 heteroatoms. The van der Waals surface area contributed by atoms with Crippen LogP contribution in [0.3, 0.4) is 0 Å². The second kappa shape index (κ2) is 3.79. The molecule has 0 aromatic carbocycles. The van der Waals surface area contributed by atoms with E-state index in [1.165, 1.54) is 4.90 Å². The molecule has 0 spiro atoms. The van der Waals surface area contributed by atoms with Gasteiger partial charge >= 0.3 is 6.03 Å². The molecule has 3 aliphatic heterocycles. The van der Waals surface area contributed by atoms with Crippen LogP contribution >= 0.6 is 0 Å². The molecule has 1 saturated carbocycles. The number of hydrogen-bond acceptors (Lipinski definition) is 6. The van der Waals surface area contributed by atoms with Crippen molar-refractivity contribution < 1.29 is 24.6 Å². The Morgan fingerprint density at radius 2 is 1.68 bits per heavy atom. The van der Waals surface area contributed by atoms with Gasteiger partial charge in [-0.15, -0.1) is 0 Å². The highest BCUT2D eigenvalue weighted by Gasteiger charge is 2.81. The zero-order valence-electron chi connectivity index (χ0n) is 12.2. The van der Waals surface area contributed by atoms with Gasteiger partial charge in [0.25, 0.3) is 0 Å². The van der Waals surface area contributed by atoms with Crippen LogP contribution in [0.5, 0.6) is 0 Å². The number of fused-ring (bicyclic) bond motifs is 1. The van der Waals surface area contributed by atoms with Crippen molar-refractivity contribution in [2.75, 3.05) is 13.1 Å². The van der Waals surface area contributed by atoms with E-state index in [0.29, 0.717) is 0 Å². The maximum absolute atomic E-state index is 12.5. The SMILES string of the molecule is CC12C(=O)NC(=O)N3CC(O)CN4C(O)NC(=O)C1(C)C4C32. The fourth-order valence-electron chi connectivity index (χ4n) is 4.75. The Morgan fingerprint density at radius 3 is 2.36 bits per heavy atom. The fourth-order valence-corrected chi connectivity index (χ4v) is 4.75. The number of rotatable bonds is 0. The van der Waals surface area contributed by atoms with E-state index < -0.39 is 53.2 Å². The molecule has 6 atom stereocenters. The highest BCUT2D eigenvalue weighted by Crippen LogP contribution is 2.63. The molecule has 6 unspecified atom stereocenters. The molecule has 3 heterocycles. The Morgan fingerprint density at radius 1 is 1.05 bits per heavy atom. The zero-order chi connectivity index (χ0) is 16.0. The van der Waals surface area contributed by atoms with Gasteiger partial charge in [-0.3, -0.25) is 19.8 Å². The fraction of sp³-hybridized carbons (Fsp3) is 0.769. The van der Waals surface area contributed by atoms with Crippen molar-refractivity contribution in [2.45, 2.75) is 38.4 Å². The molecule has 0 aromatic heterocycles. The van der Waals surface area contributed by atoms with Crippen molar-refractivity contribution in [3.63, 3.8) is 0 Å². The molecule has 0 radical (unpaired) electrons. The third kappa shape index (κ3) is 1.21. The van der Waals surface area contributed by atoms with Gasteiger partial charge in [0.2, 0.25) is 11.8 Å². The van der Waals surface area contributed by atoms with Crippen LogP contribution in [0.15, 0.2) is 0 Å². The number of carbonyl (C=O) groups excluding carboxylic acids is 3. The van der Waals surface area contributed by atoms with Gasteiger partial charge in [0, 0.05) is 6.54 Å². The third-order valence-electron chi connectivity index (χ3n) is 6.08. The predicted octanol–water partition coefficient (Wildman–Crippen LogP) is -2.62. The molecule has 4 rings (SSSR count). The van der Waals surface area contributed by atoms with Crippen LogP contribution < -0.4 is 10.6 Å². The molecule has 9 nitrogen and oxygen atoms in total. The van der Waals surface area contributed by atoms with Crippen molar-refractivity contribution in [1.82, 2.24) is 20.4 Å². The summed E-state index contributed by atoms with van der Waals surface area (Å²) in [5.74, 6) is -0.902. The van der Waals surface area contributed by atoms with Crippen LogP contribution in [-0.4, -0.2) is 75.5 Å². The Bertz CT molecular complexity index is 611. The quantitative estimate of drug-likeness (QED) is 0.389. The first kappa shape index (κ1) is 13.9. The van der Waals surface area contributed by atoms with Crippen LogP contribution in [0.2, 0.25) is 0 Å². The van der Waals surface area contributed by atoms with Crippen LogP contribution in [0.4, 0.5) is 4.79 Å². The molecule has 4 N–H and O–H groups in total. The Kier molecular flexibility index (Phi) is 2.39. The first-order valence-electron chi connectivity index (χ1n) is 7.28. The number of imide groups is 1. The first-order valence-corrected chi connectivity index (χ1v) is 7.28. The van der Waals surface area contributed by atoms with E-state index in [-0.39, 0.29) is 13.1 Å². The van der Waals surface area contributed by atoms with Gasteiger partial charge in [0.15, 0.2) is 6.35 Å². The summed E-state index contributed by atoms with van der Waals surface area (Å²) in [7, 11) is 0. The second-order valence-electron chi connectivity index (χ2n) is 6.90. The van der Waals surface area contributed by atoms with E-state index >= 15 is 0 Å². The maximum atomic E-state index is 12.5. The monoisotopic (exact) mass is 310 g/mol. The van der Waals surface area contributed by atoms with Gasteiger partial charge in [-0.2, -0.15) is 0 Å². The largest absolute Gasteiger partial charge is 0.390 e. The highest BCUT2D eigenvalue weighted by molar-refractivity contribution is 6.06. The molecule has 4 fully saturated rings. The minimum absolute atomic E-state index is 0.0589. The van der Waals surface area contributed by atoms with E-state index in [1.807, 2.05) is 0 Å². The molecule has 4 amide bonds. The van der Waals surface area contributed by atoms with Gasteiger partial charge in [-0.25, -0.2) is 4.79 Å². The Balaban J connectivity index is 1.91. The molecule has 1 aliphatic carbocycles. The number of hydrogen-bond donors (Lipinski definition) is 4. The Labute approximate surface area is 126 Å². The third-order valence-corrected chi connectivity index (χ3v) is 6.08. The summed E-state index contributed by atoms with van der Waals surface area (Å²) in [6.07, 6.45) is -2.10. The summed E-state index contributed by atoms with van der Waals surface area (Å²) < 4.78 is 0. The lowest BCUT2D eigenvalue weighted by molar-refractivity contribution is -0.245. The molecular weight excluding hydrogens is 292 g/mol. The van der Waals surface area contributed by atoms with Crippen LogP contribution in [0.25, 0.3) is 0 Å². The summed E-state index contributed by atoms with van der Waals surface area (Å²) in [6, 6.07) is -1.61. The van der Waals surface area contributed by atoms with Crippen molar-refractivity contribution in [2.24, 2.45) is 10.8 Å². The van der Waals surface area contributed by atoms with Crippen molar-refractivity contribution in [3.8, 4) is 0 Å². The summed E-state index contributed by atoms with van der Waals surface area (Å²) in [6.45, 7) is 3.51. The van der Waals surface area contributed by atoms with Gasteiger partial charge in [0.05, 0.1) is 35.6 Å². The standard InChI is InChI=1S/C13H18N4O5/c1-12-6-7-13(12,2)9(20)15-11(22)17(7)4-5(18)3-16(6)10(21)14-8(12)19/h5-7,10,18,21H,3-4H2,1-2H3,(H,14,19)(H,15,20,22). The zero-order valence-corrected chi connectivity index (χ0v) is 12.2. The van der Waals surface area contributed by atoms with Crippen LogP contribution in [-0.2, 0) is 9.59 Å². The minimum Gasteiger partial charge on any atom is -0.390 e. The molecule has 22 heavy (non-hydrogen) atoms. The first-order chi connectivity index (χ1) is 10.2. The lowest BCUT2D eigenvalue weighted by Gasteiger charge is -2.71. The second-order valence-corrected chi connectivity index (χ2v) is 6.90. The van der Waals surface area contributed by atoms with E-state index in [0.717, 1.165) is 0 Å². The summed E-state index contributed by atoms with van der Waals surface area (Å²) in [5.41, 5.74) is -2.18. The predicted molar refractivity (Wildman–Crippen MR) is 70.9 cm³/mol. The average Bonchev–Trinajstić information content (AvgIpc) is 2.59. The Hall–Kier alpha value is -1.71. The number of nitrogens with one attached hydrogen (secondary N) is 2. The minimum atomic E-state index is -1.23. The lowest BCUT2D eigenvalue weighted by atomic mass is 9.42. The number of aliphatic hydroxyl groups excluding tert-OH is 2. The number of aliphatic hydroxyl groups is 2. The molecule has 0 bridgehead atoms. The summed E-state index contributed by atoms with van der Waals surface area (Å²) in [4.78, 5) is 40.1. The lowest BCUT2D eigenvalue weighted by Crippen LogP contribution is -2.91. The number of urea groups is 1. The van der Waals surface area contributed by atoms with Gasteiger partial charge in [-0.1, -0.05) is 0 Å². The summed E-state index contributed by atoms with van der Waals surface area (Å²) >= 11 is 0. The van der Waals surface area contributed by atoms with Crippen LogP contribution in [0, 0.1) is 10.8 Å². The molecule has 0 aromatic rings. The molecule has 120 valence electrons. The maximum Gasteiger partial charge on any atom is 0.324 e. The van der Waals surface area contributed by atoms with Gasteiger partial charge in [-0.05, 0) is 13.8 Å². The molecule has 3 saturated heterocycles. The molecular formula is C13H18N4O5. The highest BCUT2D eigenvalue weighted by atomic mass is 16.3. The van der Waals surface area contributed by atoms with E-state index in [4.69, 9.17) is 0 Å². The van der Waals surface area contributed by atoms with Crippen molar-refractivity contribution >= 4 is 17.8 Å². The normalized spacial score (nSPS) is 50.5. The average molecular weight is 310 g/mol. The van der Waals surface area contributed by atoms with E-state index in [9.17, 15) is 24.6 Å². The van der Waals surface area contributed by atoms with Gasteiger partial charge in [0.1, 0.15) is 0 Å². The van der Waals surface area contributed by atoms with Crippen molar-refractivity contribution in [3.05, 3.63) is 0 Å². The smallest absolute Gasteiger partial charge is 0.324 e.